The van der Waals surface area contributed by atoms with Crippen LogP contribution in [0.2, 0.25) is 0 Å². The van der Waals surface area contributed by atoms with E-state index in [4.69, 9.17) is 15.5 Å². The lowest BCUT2D eigenvalue weighted by molar-refractivity contribution is -0.0247. The molecule has 1 saturated carbocycles. The molecule has 0 atom stereocenters. The summed E-state index contributed by atoms with van der Waals surface area (Å²) in [6, 6.07) is 18.8. The Morgan fingerprint density at radius 1 is 0.950 bits per heavy atom. The van der Waals surface area contributed by atoms with E-state index in [-0.39, 0.29) is 0 Å². The third kappa shape index (κ3) is 6.21. The molecule has 3 aliphatic rings. The van der Waals surface area contributed by atoms with Crippen molar-refractivity contribution < 1.29 is 9.84 Å². The van der Waals surface area contributed by atoms with Crippen LogP contribution in [-0.2, 0) is 5.60 Å². The van der Waals surface area contributed by atoms with Gasteiger partial charge in [0.2, 0.25) is 5.88 Å². The summed E-state index contributed by atoms with van der Waals surface area (Å²) in [5, 5.41) is 10.5. The Bertz CT molecular complexity index is 1290. The molecule has 7 nitrogen and oxygen atoms in total. The normalized spacial score (nSPS) is 20.4. The summed E-state index contributed by atoms with van der Waals surface area (Å²) < 4.78 is 6.05. The first kappa shape index (κ1) is 28.2. The standard InChI is InChI=1S/C20H24N4O.C13H19NO/c1-20(2)17(24-16-18(21)22-12-23-19(16)25-20)15-10-8-14(9-11-15)13-6-4-3-5-7-13;1-2-14-10-8-13(15,9-11-14)12-6-4-3-5-7-12/h8-13H,3-7H2,1-2H3,(H2,21,22,23);3-7,15H,2,8-11H2,1H3. The van der Waals surface area contributed by atoms with Crippen molar-refractivity contribution in [3.8, 4) is 5.88 Å². The number of nitrogens with two attached hydrogens (primary N) is 1. The molecule has 0 spiro atoms. The van der Waals surface area contributed by atoms with Crippen LogP contribution in [0.3, 0.4) is 0 Å². The second-order valence-electron chi connectivity index (χ2n) is 11.8. The quantitative estimate of drug-likeness (QED) is 0.397. The molecule has 3 heterocycles. The van der Waals surface area contributed by atoms with Gasteiger partial charge in [0.05, 0.1) is 11.3 Å². The molecule has 0 bridgehead atoms. The van der Waals surface area contributed by atoms with Crippen molar-refractivity contribution >= 4 is 17.2 Å². The van der Waals surface area contributed by atoms with Gasteiger partial charge in [0.1, 0.15) is 11.9 Å². The minimum atomic E-state index is -0.590. The topological polar surface area (TPSA) is 96.9 Å². The number of ether oxygens (including phenoxy) is 1. The summed E-state index contributed by atoms with van der Waals surface area (Å²) in [6.07, 6.45) is 9.78. The highest BCUT2D eigenvalue weighted by Crippen LogP contribution is 2.39. The molecular weight excluding hydrogens is 498 g/mol. The molecule has 2 aromatic carbocycles. The van der Waals surface area contributed by atoms with Crippen molar-refractivity contribution in [2.45, 2.75) is 82.8 Å². The maximum atomic E-state index is 10.5. The zero-order valence-electron chi connectivity index (χ0n) is 24.1. The number of anilines is 1. The molecule has 1 aromatic heterocycles. The lowest BCUT2D eigenvalue weighted by Crippen LogP contribution is -2.42. The second kappa shape index (κ2) is 12.1. The van der Waals surface area contributed by atoms with E-state index in [9.17, 15) is 5.11 Å². The molecule has 1 aliphatic carbocycles. The van der Waals surface area contributed by atoms with Gasteiger partial charge in [-0.25, -0.2) is 9.98 Å². The van der Waals surface area contributed by atoms with Crippen molar-refractivity contribution in [3.05, 3.63) is 77.6 Å². The zero-order chi connectivity index (χ0) is 28.2. The molecule has 212 valence electrons. The highest BCUT2D eigenvalue weighted by Gasteiger charge is 2.35. The third-order valence-corrected chi connectivity index (χ3v) is 8.66. The van der Waals surface area contributed by atoms with Crippen LogP contribution < -0.4 is 10.5 Å². The smallest absolute Gasteiger partial charge is 0.246 e. The number of fused-ring (bicyclic) bond motifs is 1. The summed E-state index contributed by atoms with van der Waals surface area (Å²) in [6.45, 7) is 9.27. The van der Waals surface area contributed by atoms with E-state index in [1.165, 1.54) is 44.0 Å². The summed E-state index contributed by atoms with van der Waals surface area (Å²) in [4.78, 5) is 15.3. The van der Waals surface area contributed by atoms with E-state index in [1.807, 2.05) is 44.2 Å². The van der Waals surface area contributed by atoms with Crippen LogP contribution in [0.15, 0.2) is 65.9 Å². The van der Waals surface area contributed by atoms with Gasteiger partial charge in [-0.1, -0.05) is 80.8 Å². The van der Waals surface area contributed by atoms with Crippen molar-refractivity contribution in [2.24, 2.45) is 4.99 Å². The Labute approximate surface area is 238 Å². The highest BCUT2D eigenvalue weighted by molar-refractivity contribution is 6.09. The van der Waals surface area contributed by atoms with Crippen LogP contribution in [0.4, 0.5) is 11.5 Å². The van der Waals surface area contributed by atoms with Gasteiger partial charge in [0, 0.05) is 18.7 Å². The molecule has 0 amide bonds. The van der Waals surface area contributed by atoms with Gasteiger partial charge in [-0.3, -0.25) is 0 Å². The van der Waals surface area contributed by atoms with Crippen molar-refractivity contribution in [3.63, 3.8) is 0 Å². The summed E-state index contributed by atoms with van der Waals surface area (Å²) >= 11 is 0. The van der Waals surface area contributed by atoms with Gasteiger partial charge in [-0.05, 0) is 63.1 Å². The second-order valence-corrected chi connectivity index (χ2v) is 11.8. The maximum Gasteiger partial charge on any atom is 0.246 e. The molecule has 6 rings (SSSR count). The Hall–Kier alpha value is -3.29. The molecule has 3 N–H and O–H groups in total. The van der Waals surface area contributed by atoms with Gasteiger partial charge >= 0.3 is 0 Å². The number of aromatic nitrogens is 2. The first-order valence-electron chi connectivity index (χ1n) is 14.8. The lowest BCUT2D eigenvalue weighted by atomic mass is 9.83. The molecule has 0 radical (unpaired) electrons. The largest absolute Gasteiger partial charge is 0.463 e. The average molecular weight is 542 g/mol. The van der Waals surface area contributed by atoms with Crippen LogP contribution in [0.25, 0.3) is 0 Å². The fourth-order valence-corrected chi connectivity index (χ4v) is 6.13. The summed E-state index contributed by atoms with van der Waals surface area (Å²) in [5.41, 5.74) is 9.73. The molecule has 2 fully saturated rings. The molecule has 40 heavy (non-hydrogen) atoms. The lowest BCUT2D eigenvalue weighted by Gasteiger charge is -2.38. The number of hydrogen-bond donors (Lipinski definition) is 2. The molecular formula is C33H43N5O2. The van der Waals surface area contributed by atoms with Gasteiger partial charge in [-0.2, -0.15) is 4.98 Å². The fourth-order valence-electron chi connectivity index (χ4n) is 6.13. The number of piperidine rings is 1. The number of rotatable bonds is 4. The first-order chi connectivity index (χ1) is 19.3. The molecule has 0 unspecified atom stereocenters. The fraction of sp³-hybridized carbons (Fsp3) is 0.485. The van der Waals surface area contributed by atoms with Crippen LogP contribution >= 0.6 is 0 Å². The van der Waals surface area contributed by atoms with Crippen molar-refractivity contribution in [1.29, 1.82) is 0 Å². The summed E-state index contributed by atoms with van der Waals surface area (Å²) in [7, 11) is 0. The number of hydrogen-bond acceptors (Lipinski definition) is 7. The van der Waals surface area contributed by atoms with Gasteiger partial charge in [-0.15, -0.1) is 0 Å². The van der Waals surface area contributed by atoms with E-state index in [2.05, 4.69) is 46.1 Å². The van der Waals surface area contributed by atoms with Crippen LogP contribution in [0.5, 0.6) is 5.88 Å². The monoisotopic (exact) mass is 541 g/mol. The molecule has 3 aromatic rings. The summed E-state index contributed by atoms with van der Waals surface area (Å²) in [5.74, 6) is 1.49. The van der Waals surface area contributed by atoms with E-state index in [1.54, 1.807) is 0 Å². The van der Waals surface area contributed by atoms with Crippen LogP contribution in [-0.4, -0.2) is 50.9 Å². The van der Waals surface area contributed by atoms with Crippen LogP contribution in [0, 0.1) is 0 Å². The van der Waals surface area contributed by atoms with Gasteiger partial charge in [0.15, 0.2) is 11.5 Å². The molecule has 7 heteroatoms. The SMILES string of the molecule is CC1(C)Oc2ncnc(N)c2N=C1c1ccc(C2CCCCC2)cc1.CCN1CCC(O)(c2ccccc2)CC1. The minimum Gasteiger partial charge on any atom is -0.463 e. The Kier molecular flexibility index (Phi) is 8.52. The van der Waals surface area contributed by atoms with Crippen molar-refractivity contribution in [1.82, 2.24) is 14.9 Å². The number of benzene rings is 2. The Balaban J connectivity index is 0.000000184. The number of nitrogens with zero attached hydrogens (tertiary/aromatic N) is 4. The predicted octanol–water partition coefficient (Wildman–Crippen LogP) is 6.39. The number of nitrogen functional groups attached to an aromatic ring is 1. The van der Waals surface area contributed by atoms with Gasteiger partial charge < -0.3 is 20.5 Å². The van der Waals surface area contributed by atoms with Gasteiger partial charge in [0.25, 0.3) is 0 Å². The highest BCUT2D eigenvalue weighted by atomic mass is 16.5. The third-order valence-electron chi connectivity index (χ3n) is 8.66. The van der Waals surface area contributed by atoms with E-state index in [0.717, 1.165) is 49.3 Å². The Morgan fingerprint density at radius 2 is 1.62 bits per heavy atom. The van der Waals surface area contributed by atoms with E-state index < -0.39 is 11.2 Å². The first-order valence-corrected chi connectivity index (χ1v) is 14.8. The van der Waals surface area contributed by atoms with Crippen LogP contribution in [0.1, 0.15) is 88.3 Å². The molecule has 1 saturated heterocycles. The number of aliphatic hydroxyl groups is 1. The number of likely N-dealkylation sites (tertiary alicyclic amines) is 1. The predicted molar refractivity (Wildman–Crippen MR) is 161 cm³/mol. The minimum absolute atomic E-state index is 0.344. The van der Waals surface area contributed by atoms with E-state index in [0.29, 0.717) is 23.3 Å². The Morgan fingerprint density at radius 3 is 2.27 bits per heavy atom. The molecule has 2 aliphatic heterocycles. The zero-order valence-corrected chi connectivity index (χ0v) is 24.1. The maximum absolute atomic E-state index is 10.5. The van der Waals surface area contributed by atoms with Crippen molar-refractivity contribution in [2.75, 3.05) is 25.4 Å². The van der Waals surface area contributed by atoms with E-state index >= 15 is 0 Å². The average Bonchev–Trinajstić information content (AvgIpc) is 2.98. The number of aliphatic imine (C=N–C) groups is 1.